The Hall–Kier alpha value is -1.91. The number of carbonyl (C=O) groups is 1. The van der Waals surface area contributed by atoms with Gasteiger partial charge >= 0.3 is 0 Å². The molecule has 2 aromatic carbocycles. The molecule has 2 heterocycles. The minimum Gasteiger partial charge on any atom is -0.379 e. The average molecular weight is 494 g/mol. The molecule has 0 radical (unpaired) electrons. The van der Waals surface area contributed by atoms with E-state index in [0.717, 1.165) is 5.75 Å². The van der Waals surface area contributed by atoms with Gasteiger partial charge in [-0.25, -0.2) is 8.42 Å². The Balaban J connectivity index is 1.75. The van der Waals surface area contributed by atoms with E-state index in [2.05, 4.69) is 4.99 Å². The van der Waals surface area contributed by atoms with Crippen LogP contribution in [0.25, 0.3) is 0 Å². The number of ether oxygens (including phenoxy) is 1. The van der Waals surface area contributed by atoms with Gasteiger partial charge in [-0.1, -0.05) is 29.4 Å². The molecular formula is C22H24ClN3O4S2. The van der Waals surface area contributed by atoms with Gasteiger partial charge in [-0.2, -0.15) is 4.31 Å². The van der Waals surface area contributed by atoms with Crippen molar-refractivity contribution in [3.05, 3.63) is 58.6 Å². The molecule has 1 fully saturated rings. The predicted molar refractivity (Wildman–Crippen MR) is 128 cm³/mol. The lowest BCUT2D eigenvalue weighted by Gasteiger charge is -2.27. The van der Waals surface area contributed by atoms with Crippen molar-refractivity contribution >= 4 is 50.1 Å². The van der Waals surface area contributed by atoms with Crippen LogP contribution in [0.5, 0.6) is 0 Å². The summed E-state index contributed by atoms with van der Waals surface area (Å²) in [5, 5.41) is 1.15. The number of hydrogen-bond acceptors (Lipinski definition) is 6. The van der Waals surface area contributed by atoms with Crippen LogP contribution in [0.3, 0.4) is 0 Å². The molecule has 1 amide bonds. The summed E-state index contributed by atoms with van der Waals surface area (Å²) in [6, 6.07) is 11.7. The number of anilines is 1. The fourth-order valence-electron chi connectivity index (χ4n) is 3.53. The topological polar surface area (TPSA) is 79.3 Å². The normalized spacial score (nSPS) is 19.6. The standard InChI is InChI=1S/C22H24ClN3O4S2/c1-15-3-8-19(32(28,29)25-9-11-30-12-10-25)13-20(15)21(27)26(22-24-16(2)14-31-22)18-6-4-17(23)5-7-18/h3-8,13,16H,9-12,14H2,1-2H3. The summed E-state index contributed by atoms with van der Waals surface area (Å²) >= 11 is 7.55. The molecule has 0 spiro atoms. The number of amides is 1. The highest BCUT2D eigenvalue weighted by molar-refractivity contribution is 8.14. The van der Waals surface area contributed by atoms with E-state index in [1.54, 1.807) is 43.3 Å². The molecule has 2 aliphatic rings. The largest absolute Gasteiger partial charge is 0.379 e. The van der Waals surface area contributed by atoms with E-state index in [0.29, 0.717) is 53.3 Å². The van der Waals surface area contributed by atoms with Gasteiger partial charge in [0.1, 0.15) is 0 Å². The summed E-state index contributed by atoms with van der Waals surface area (Å²) in [7, 11) is -3.73. The lowest BCUT2D eigenvalue weighted by molar-refractivity contribution is 0.0730. The molecule has 0 N–H and O–H groups in total. The summed E-state index contributed by atoms with van der Waals surface area (Å²) in [6.07, 6.45) is 0. The molecule has 1 atom stereocenters. The Kier molecular flexibility index (Phi) is 6.92. The van der Waals surface area contributed by atoms with Crippen molar-refractivity contribution in [2.75, 3.05) is 37.0 Å². The van der Waals surface area contributed by atoms with Crippen molar-refractivity contribution in [3.8, 4) is 0 Å². The maximum Gasteiger partial charge on any atom is 0.264 e. The maximum atomic E-state index is 13.8. The molecule has 1 unspecified atom stereocenters. The Morgan fingerprint density at radius 2 is 1.88 bits per heavy atom. The van der Waals surface area contributed by atoms with Gasteiger partial charge in [0, 0.05) is 29.4 Å². The fourth-order valence-corrected chi connectivity index (χ4v) is 6.13. The number of halogens is 1. The van der Waals surface area contributed by atoms with Gasteiger partial charge in [0.05, 0.1) is 29.8 Å². The number of carbonyl (C=O) groups excluding carboxylic acids is 1. The number of morpholine rings is 1. The Morgan fingerprint density at radius 3 is 2.50 bits per heavy atom. The van der Waals surface area contributed by atoms with Crippen molar-refractivity contribution < 1.29 is 17.9 Å². The van der Waals surface area contributed by atoms with E-state index in [1.165, 1.54) is 27.0 Å². The SMILES string of the molecule is Cc1ccc(S(=O)(=O)N2CCOCC2)cc1C(=O)N(C1=NC(C)CS1)c1ccc(Cl)cc1. The summed E-state index contributed by atoms with van der Waals surface area (Å²) < 4.78 is 33.0. The monoisotopic (exact) mass is 493 g/mol. The third kappa shape index (κ3) is 4.72. The van der Waals surface area contributed by atoms with Gasteiger partial charge in [-0.05, 0) is 55.8 Å². The molecule has 0 bridgehead atoms. The number of amidine groups is 1. The minimum absolute atomic E-state index is 0.0896. The van der Waals surface area contributed by atoms with Gasteiger partial charge < -0.3 is 4.74 Å². The van der Waals surface area contributed by atoms with Crippen LogP contribution in [0.1, 0.15) is 22.8 Å². The van der Waals surface area contributed by atoms with E-state index in [4.69, 9.17) is 16.3 Å². The maximum absolute atomic E-state index is 13.8. The Morgan fingerprint density at radius 1 is 1.19 bits per heavy atom. The summed E-state index contributed by atoms with van der Waals surface area (Å²) in [6.45, 7) is 5.09. The van der Waals surface area contributed by atoms with Gasteiger partial charge in [0.15, 0.2) is 5.17 Å². The van der Waals surface area contributed by atoms with E-state index in [1.807, 2.05) is 6.92 Å². The van der Waals surface area contributed by atoms with Gasteiger partial charge in [0.25, 0.3) is 5.91 Å². The smallest absolute Gasteiger partial charge is 0.264 e. The number of hydrogen-bond donors (Lipinski definition) is 0. The van der Waals surface area contributed by atoms with Crippen molar-refractivity contribution in [2.24, 2.45) is 4.99 Å². The van der Waals surface area contributed by atoms with Crippen molar-refractivity contribution in [1.82, 2.24) is 4.31 Å². The number of rotatable bonds is 4. The number of aliphatic imine (C=N–C) groups is 1. The molecule has 7 nitrogen and oxygen atoms in total. The number of thioether (sulfide) groups is 1. The van der Waals surface area contributed by atoms with Crippen LogP contribution in [-0.4, -0.2) is 61.9 Å². The van der Waals surface area contributed by atoms with Crippen LogP contribution < -0.4 is 4.90 Å². The van der Waals surface area contributed by atoms with Crippen LogP contribution in [0.4, 0.5) is 5.69 Å². The Labute approximate surface area is 197 Å². The number of sulfonamides is 1. The summed E-state index contributed by atoms with van der Waals surface area (Å²) in [4.78, 5) is 20.0. The Bertz CT molecular complexity index is 1150. The van der Waals surface area contributed by atoms with Crippen LogP contribution in [0.15, 0.2) is 52.4 Å². The highest BCUT2D eigenvalue weighted by atomic mass is 35.5. The van der Waals surface area contributed by atoms with Crippen LogP contribution in [0, 0.1) is 6.92 Å². The molecule has 170 valence electrons. The fraction of sp³-hybridized carbons (Fsp3) is 0.364. The van der Waals surface area contributed by atoms with Gasteiger partial charge in [-0.15, -0.1) is 0 Å². The minimum atomic E-state index is -3.73. The van der Waals surface area contributed by atoms with Crippen LogP contribution >= 0.6 is 23.4 Å². The zero-order valence-corrected chi connectivity index (χ0v) is 20.2. The first kappa shape index (κ1) is 23.3. The number of benzene rings is 2. The predicted octanol–water partition coefficient (Wildman–Crippen LogP) is 3.81. The van der Waals surface area contributed by atoms with Crippen LogP contribution in [0.2, 0.25) is 5.02 Å². The highest BCUT2D eigenvalue weighted by Gasteiger charge is 2.31. The quantitative estimate of drug-likeness (QED) is 0.647. The van der Waals surface area contributed by atoms with Gasteiger partial charge in [-0.3, -0.25) is 14.7 Å². The second-order valence-electron chi connectivity index (χ2n) is 7.68. The first-order valence-corrected chi connectivity index (χ1v) is 13.1. The molecule has 1 saturated heterocycles. The molecule has 10 heteroatoms. The highest BCUT2D eigenvalue weighted by Crippen LogP contribution is 2.30. The van der Waals surface area contributed by atoms with Crippen molar-refractivity contribution in [3.63, 3.8) is 0 Å². The van der Waals surface area contributed by atoms with Crippen molar-refractivity contribution in [2.45, 2.75) is 24.8 Å². The first-order chi connectivity index (χ1) is 15.3. The van der Waals surface area contributed by atoms with Crippen molar-refractivity contribution in [1.29, 1.82) is 0 Å². The molecule has 0 aromatic heterocycles. The molecule has 0 saturated carbocycles. The second kappa shape index (κ2) is 9.52. The lowest BCUT2D eigenvalue weighted by atomic mass is 10.1. The van der Waals surface area contributed by atoms with E-state index in [-0.39, 0.29) is 16.8 Å². The lowest BCUT2D eigenvalue weighted by Crippen LogP contribution is -2.40. The zero-order chi connectivity index (χ0) is 22.9. The molecule has 0 aliphatic carbocycles. The zero-order valence-electron chi connectivity index (χ0n) is 17.8. The third-order valence-corrected chi connectivity index (χ3v) is 8.65. The summed E-state index contributed by atoms with van der Waals surface area (Å²) in [5.41, 5.74) is 1.63. The number of aryl methyl sites for hydroxylation is 1. The summed E-state index contributed by atoms with van der Waals surface area (Å²) in [5.74, 6) is 0.445. The number of nitrogens with zero attached hydrogens (tertiary/aromatic N) is 3. The molecule has 32 heavy (non-hydrogen) atoms. The second-order valence-corrected chi connectivity index (χ2v) is 11.0. The van der Waals surface area contributed by atoms with E-state index in [9.17, 15) is 13.2 Å². The van der Waals surface area contributed by atoms with Crippen LogP contribution in [-0.2, 0) is 14.8 Å². The molecule has 2 aromatic rings. The molecule has 2 aliphatic heterocycles. The van der Waals surface area contributed by atoms with Gasteiger partial charge in [0.2, 0.25) is 10.0 Å². The first-order valence-electron chi connectivity index (χ1n) is 10.3. The van der Waals surface area contributed by atoms with E-state index >= 15 is 0 Å². The van der Waals surface area contributed by atoms with E-state index < -0.39 is 10.0 Å². The molecular weight excluding hydrogens is 470 g/mol. The third-order valence-electron chi connectivity index (χ3n) is 5.31. The molecule has 4 rings (SSSR count). The average Bonchev–Trinajstić information content (AvgIpc) is 3.21.